The maximum Gasteiger partial charge on any atom is 0.319 e. The van der Waals surface area contributed by atoms with Crippen LogP contribution in [0.1, 0.15) is 30.0 Å². The second-order valence-corrected chi connectivity index (χ2v) is 8.17. The number of hydrogen-bond donors (Lipinski definition) is 2. The lowest BCUT2D eigenvalue weighted by atomic mass is 10.1. The number of benzene rings is 3. The van der Waals surface area contributed by atoms with E-state index in [9.17, 15) is 9.59 Å². The highest BCUT2D eigenvalue weighted by atomic mass is 16.5. The first kappa shape index (κ1) is 23.2. The van der Waals surface area contributed by atoms with Gasteiger partial charge in [0.05, 0.1) is 7.11 Å². The molecule has 34 heavy (non-hydrogen) atoms. The Kier molecular flexibility index (Phi) is 7.32. The highest BCUT2D eigenvalue weighted by Gasteiger charge is 2.30. The molecule has 3 aromatic carbocycles. The van der Waals surface area contributed by atoms with Gasteiger partial charge < -0.3 is 25.0 Å². The molecule has 0 fully saturated rings. The Labute approximate surface area is 199 Å². The van der Waals surface area contributed by atoms with Crippen molar-refractivity contribution in [1.82, 2.24) is 10.2 Å². The minimum absolute atomic E-state index is 0.0513. The van der Waals surface area contributed by atoms with Crippen LogP contribution in [0.15, 0.2) is 72.8 Å². The van der Waals surface area contributed by atoms with Gasteiger partial charge in [-0.15, -0.1) is 0 Å². The van der Waals surface area contributed by atoms with Crippen LogP contribution >= 0.6 is 0 Å². The van der Waals surface area contributed by atoms with Crippen LogP contribution in [0.2, 0.25) is 0 Å². The predicted octanol–water partition coefficient (Wildman–Crippen LogP) is 4.72. The predicted molar refractivity (Wildman–Crippen MR) is 131 cm³/mol. The van der Waals surface area contributed by atoms with Gasteiger partial charge in [-0.1, -0.05) is 49.4 Å². The number of nitrogens with one attached hydrogen (secondary N) is 2. The largest absolute Gasteiger partial charge is 0.497 e. The van der Waals surface area contributed by atoms with E-state index in [4.69, 9.17) is 9.47 Å². The van der Waals surface area contributed by atoms with E-state index in [-0.39, 0.29) is 11.9 Å². The minimum atomic E-state index is -0.549. The molecule has 7 heteroatoms. The van der Waals surface area contributed by atoms with E-state index in [0.717, 1.165) is 22.4 Å². The summed E-state index contributed by atoms with van der Waals surface area (Å²) >= 11 is 0. The molecular formula is C27H29N3O4. The Morgan fingerprint density at radius 1 is 1.06 bits per heavy atom. The van der Waals surface area contributed by atoms with Gasteiger partial charge in [-0.2, -0.15) is 0 Å². The summed E-state index contributed by atoms with van der Waals surface area (Å²) in [5.74, 6) is 1.38. The molecule has 0 radical (unpaired) electrons. The van der Waals surface area contributed by atoms with E-state index in [1.165, 1.54) is 0 Å². The van der Waals surface area contributed by atoms with Crippen LogP contribution in [-0.2, 0) is 24.4 Å². The molecule has 4 rings (SSSR count). The molecular weight excluding hydrogens is 430 g/mol. The summed E-state index contributed by atoms with van der Waals surface area (Å²) in [6, 6.07) is 22.6. The first-order valence-electron chi connectivity index (χ1n) is 11.4. The molecule has 0 bridgehead atoms. The number of ether oxygens (including phenoxy) is 2. The summed E-state index contributed by atoms with van der Waals surface area (Å²) < 4.78 is 11.3. The molecule has 3 amide bonds. The standard InChI is InChI=1S/C27H29N3O4/c1-3-24-26(31)30(17-20-9-12-23(33-2)13-10-20)18-21-15-22(11-14-25(21)34-24)29-27(32)28-16-19-7-5-4-6-8-19/h4-15,24H,3,16-18H2,1-2H3,(H2,28,29,32)/t24-/m0/s1. The third-order valence-corrected chi connectivity index (χ3v) is 5.74. The smallest absolute Gasteiger partial charge is 0.319 e. The fraction of sp³-hybridized carbons (Fsp3) is 0.259. The summed E-state index contributed by atoms with van der Waals surface area (Å²) in [6.45, 7) is 3.21. The van der Waals surface area contributed by atoms with E-state index < -0.39 is 6.10 Å². The highest BCUT2D eigenvalue weighted by Crippen LogP contribution is 2.30. The highest BCUT2D eigenvalue weighted by molar-refractivity contribution is 5.89. The zero-order chi connectivity index (χ0) is 23.9. The number of fused-ring (bicyclic) bond motifs is 1. The van der Waals surface area contributed by atoms with Crippen LogP contribution in [0.5, 0.6) is 11.5 Å². The Balaban J connectivity index is 1.48. The van der Waals surface area contributed by atoms with Crippen molar-refractivity contribution in [2.45, 2.75) is 39.1 Å². The van der Waals surface area contributed by atoms with Gasteiger partial charge in [-0.25, -0.2) is 4.79 Å². The quantitative estimate of drug-likeness (QED) is 0.536. The monoisotopic (exact) mass is 459 g/mol. The number of nitrogens with zero attached hydrogens (tertiary/aromatic N) is 1. The summed E-state index contributed by atoms with van der Waals surface area (Å²) in [5, 5.41) is 5.73. The Morgan fingerprint density at radius 3 is 2.53 bits per heavy atom. The average Bonchev–Trinajstić information content (AvgIpc) is 2.99. The molecule has 2 N–H and O–H groups in total. The third-order valence-electron chi connectivity index (χ3n) is 5.74. The Morgan fingerprint density at radius 2 is 1.82 bits per heavy atom. The molecule has 0 unspecified atom stereocenters. The summed E-state index contributed by atoms with van der Waals surface area (Å²) in [5.41, 5.74) is 3.51. The lowest BCUT2D eigenvalue weighted by Crippen LogP contribution is -2.38. The maximum atomic E-state index is 13.2. The van der Waals surface area contributed by atoms with Crippen LogP contribution in [-0.4, -0.2) is 30.1 Å². The molecule has 1 aliphatic heterocycles. The number of carbonyl (C=O) groups excluding carboxylic acids is 2. The molecule has 0 aliphatic carbocycles. The lowest BCUT2D eigenvalue weighted by Gasteiger charge is -2.23. The van der Waals surface area contributed by atoms with Crippen molar-refractivity contribution < 1.29 is 19.1 Å². The van der Waals surface area contributed by atoms with E-state index in [1.54, 1.807) is 18.1 Å². The van der Waals surface area contributed by atoms with Crippen LogP contribution in [0.3, 0.4) is 0 Å². The molecule has 1 aliphatic rings. The van der Waals surface area contributed by atoms with Crippen molar-refractivity contribution in [3.63, 3.8) is 0 Å². The minimum Gasteiger partial charge on any atom is -0.497 e. The summed E-state index contributed by atoms with van der Waals surface area (Å²) in [4.78, 5) is 27.3. The summed E-state index contributed by atoms with van der Waals surface area (Å²) in [7, 11) is 1.63. The van der Waals surface area contributed by atoms with Crippen LogP contribution < -0.4 is 20.1 Å². The van der Waals surface area contributed by atoms with E-state index in [0.29, 0.717) is 37.5 Å². The van der Waals surface area contributed by atoms with E-state index >= 15 is 0 Å². The van der Waals surface area contributed by atoms with Gasteiger partial charge in [-0.3, -0.25) is 4.79 Å². The van der Waals surface area contributed by atoms with E-state index in [2.05, 4.69) is 10.6 Å². The topological polar surface area (TPSA) is 79.9 Å². The fourth-order valence-corrected chi connectivity index (χ4v) is 3.88. The fourth-order valence-electron chi connectivity index (χ4n) is 3.88. The lowest BCUT2D eigenvalue weighted by molar-refractivity contribution is -0.139. The normalized spacial score (nSPS) is 15.1. The Bertz CT molecular complexity index is 1130. The molecule has 1 heterocycles. The van der Waals surface area contributed by atoms with Crippen molar-refractivity contribution in [1.29, 1.82) is 0 Å². The zero-order valence-electron chi connectivity index (χ0n) is 19.4. The average molecular weight is 460 g/mol. The van der Waals surface area contributed by atoms with Gasteiger partial charge >= 0.3 is 6.03 Å². The van der Waals surface area contributed by atoms with Crippen molar-refractivity contribution in [3.05, 3.63) is 89.5 Å². The molecule has 176 valence electrons. The number of anilines is 1. The zero-order valence-corrected chi connectivity index (χ0v) is 19.4. The molecule has 0 saturated carbocycles. The second-order valence-electron chi connectivity index (χ2n) is 8.17. The molecule has 0 spiro atoms. The number of methoxy groups -OCH3 is 1. The number of amides is 3. The third kappa shape index (κ3) is 5.67. The summed E-state index contributed by atoms with van der Waals surface area (Å²) in [6.07, 6.45) is 0.0201. The van der Waals surface area contributed by atoms with Gasteiger partial charge in [0, 0.05) is 30.9 Å². The SMILES string of the molecule is CC[C@@H]1Oc2ccc(NC(=O)NCc3ccccc3)cc2CN(Cc2ccc(OC)cc2)C1=O. The number of urea groups is 1. The molecule has 1 atom stereocenters. The van der Waals surface area contributed by atoms with Crippen LogP contribution in [0, 0.1) is 0 Å². The van der Waals surface area contributed by atoms with Crippen molar-refractivity contribution in [2.24, 2.45) is 0 Å². The molecule has 3 aromatic rings. The van der Waals surface area contributed by atoms with Crippen LogP contribution in [0.4, 0.5) is 10.5 Å². The van der Waals surface area contributed by atoms with Crippen molar-refractivity contribution in [2.75, 3.05) is 12.4 Å². The van der Waals surface area contributed by atoms with Gasteiger partial charge in [0.15, 0.2) is 6.10 Å². The number of rotatable bonds is 7. The number of hydrogen-bond acceptors (Lipinski definition) is 4. The van der Waals surface area contributed by atoms with Gasteiger partial charge in [-0.05, 0) is 47.9 Å². The second kappa shape index (κ2) is 10.7. The van der Waals surface area contributed by atoms with Crippen LogP contribution in [0.25, 0.3) is 0 Å². The van der Waals surface area contributed by atoms with Gasteiger partial charge in [0.1, 0.15) is 11.5 Å². The van der Waals surface area contributed by atoms with Gasteiger partial charge in [0.2, 0.25) is 0 Å². The van der Waals surface area contributed by atoms with Crippen molar-refractivity contribution in [3.8, 4) is 11.5 Å². The molecule has 0 aromatic heterocycles. The molecule has 0 saturated heterocycles. The maximum absolute atomic E-state index is 13.2. The van der Waals surface area contributed by atoms with Crippen molar-refractivity contribution >= 4 is 17.6 Å². The van der Waals surface area contributed by atoms with Gasteiger partial charge in [0.25, 0.3) is 5.91 Å². The van der Waals surface area contributed by atoms with E-state index in [1.807, 2.05) is 73.7 Å². The first-order chi connectivity index (χ1) is 16.6. The first-order valence-corrected chi connectivity index (χ1v) is 11.4. The number of carbonyl (C=O) groups is 2. The Hall–Kier alpha value is -4.00. The molecule has 7 nitrogen and oxygen atoms in total.